The maximum absolute atomic E-state index is 11.3. The number of hydrogen-bond acceptors (Lipinski definition) is 3. The van der Waals surface area contributed by atoms with Crippen molar-refractivity contribution in [3.8, 4) is 0 Å². The molecule has 1 aromatic heterocycles. The predicted octanol–water partition coefficient (Wildman–Crippen LogP) is -0.0327. The zero-order valence-corrected chi connectivity index (χ0v) is 13.4. The van der Waals surface area contributed by atoms with Gasteiger partial charge in [-0.15, -0.1) is 0 Å². The van der Waals surface area contributed by atoms with Crippen LogP contribution in [-0.4, -0.2) is 34.3 Å². The Hall–Kier alpha value is -0.530. The largest absolute Gasteiger partial charge is 0.373 e. The lowest BCUT2D eigenvalue weighted by Gasteiger charge is -2.27. The van der Waals surface area contributed by atoms with Gasteiger partial charge in [-0.05, 0) is 12.8 Å². The molecule has 1 heterocycles. The Morgan fingerprint density at radius 3 is 2.19 bits per heavy atom. The molecule has 0 unspecified atom stereocenters. The van der Waals surface area contributed by atoms with Crippen LogP contribution in [0.3, 0.4) is 0 Å². The standard InChI is InChI=1S/C10H20N2O7P2/c1-2-3-4-5-11-6-7-12(9-11)8-10(13,20(14,15)16)21(17,18)19/h6-7,9,13H,2-5,8H2,1H3,(H3-,14,15,16,17,18,19)/p+1. The van der Waals surface area contributed by atoms with E-state index < -0.39 is 26.8 Å². The molecule has 0 saturated carbocycles. The number of nitrogens with zero attached hydrogens (tertiary/aromatic N) is 2. The number of imidazole rings is 1. The fraction of sp³-hybridized carbons (Fsp3) is 0.700. The van der Waals surface area contributed by atoms with Crippen molar-refractivity contribution in [3.63, 3.8) is 0 Å². The minimum Gasteiger partial charge on any atom is -0.365 e. The van der Waals surface area contributed by atoms with Gasteiger partial charge < -0.3 is 24.7 Å². The smallest absolute Gasteiger partial charge is 0.365 e. The van der Waals surface area contributed by atoms with Gasteiger partial charge in [-0.3, -0.25) is 9.13 Å². The number of aromatic nitrogens is 2. The highest BCUT2D eigenvalue weighted by Crippen LogP contribution is 2.67. The molecule has 11 heteroatoms. The van der Waals surface area contributed by atoms with E-state index in [2.05, 4.69) is 6.92 Å². The molecular formula is C10H21N2O7P2+. The molecule has 0 bridgehead atoms. The highest BCUT2D eigenvalue weighted by Gasteiger charge is 2.61. The van der Waals surface area contributed by atoms with E-state index in [0.717, 1.165) is 23.8 Å². The van der Waals surface area contributed by atoms with Crippen LogP contribution < -0.4 is 4.57 Å². The maximum Gasteiger partial charge on any atom is 0.373 e. The average Bonchev–Trinajstić information content (AvgIpc) is 2.74. The van der Waals surface area contributed by atoms with Crippen LogP contribution >= 0.6 is 15.2 Å². The topological polar surface area (TPSA) is 144 Å². The molecule has 0 radical (unpaired) electrons. The summed E-state index contributed by atoms with van der Waals surface area (Å²) in [5.41, 5.74) is 0. The Balaban J connectivity index is 2.92. The van der Waals surface area contributed by atoms with Crippen molar-refractivity contribution in [1.82, 2.24) is 4.57 Å². The number of hydrogen-bond donors (Lipinski definition) is 5. The lowest BCUT2D eigenvalue weighted by Crippen LogP contribution is -2.35. The SMILES string of the molecule is CCCCC[n+]1ccn(CC(O)(P(=O)(O)O)P(=O)(O)O)c1. The van der Waals surface area contributed by atoms with Crippen molar-refractivity contribution >= 4 is 15.2 Å². The second kappa shape index (κ2) is 6.71. The van der Waals surface area contributed by atoms with Crippen LogP contribution in [0.4, 0.5) is 0 Å². The van der Waals surface area contributed by atoms with Crippen molar-refractivity contribution in [2.45, 2.75) is 44.4 Å². The third-order valence-electron chi connectivity index (χ3n) is 3.09. The first-order chi connectivity index (χ1) is 9.51. The van der Waals surface area contributed by atoms with E-state index in [1.165, 1.54) is 12.5 Å². The van der Waals surface area contributed by atoms with Crippen LogP contribution in [0.1, 0.15) is 26.2 Å². The Morgan fingerprint density at radius 1 is 1.14 bits per heavy atom. The molecule has 0 aromatic carbocycles. The van der Waals surface area contributed by atoms with E-state index in [4.69, 9.17) is 19.6 Å². The van der Waals surface area contributed by atoms with Crippen molar-refractivity contribution < 1.29 is 38.4 Å². The maximum atomic E-state index is 11.3. The number of unbranched alkanes of at least 4 members (excludes halogenated alkanes) is 2. The summed E-state index contributed by atoms with van der Waals surface area (Å²) in [6.45, 7) is 1.82. The van der Waals surface area contributed by atoms with Gasteiger partial charge in [0.05, 0.1) is 6.54 Å². The molecule has 122 valence electrons. The van der Waals surface area contributed by atoms with Crippen LogP contribution in [0.5, 0.6) is 0 Å². The van der Waals surface area contributed by atoms with Crippen LogP contribution in [0, 0.1) is 0 Å². The molecule has 5 N–H and O–H groups in total. The average molecular weight is 343 g/mol. The molecule has 1 rings (SSSR count). The summed E-state index contributed by atoms with van der Waals surface area (Å²) >= 11 is 0. The normalized spacial score (nSPS) is 13.6. The third-order valence-corrected chi connectivity index (χ3v) is 6.81. The Labute approximate surface area is 122 Å². The lowest BCUT2D eigenvalue weighted by molar-refractivity contribution is -0.697. The summed E-state index contributed by atoms with van der Waals surface area (Å²) in [5, 5.41) is 6.37. The third kappa shape index (κ3) is 4.47. The van der Waals surface area contributed by atoms with Gasteiger partial charge in [-0.1, -0.05) is 13.3 Å². The van der Waals surface area contributed by atoms with Gasteiger partial charge in [0.15, 0.2) is 0 Å². The van der Waals surface area contributed by atoms with Gasteiger partial charge in [0.2, 0.25) is 6.33 Å². The highest BCUT2D eigenvalue weighted by atomic mass is 31.2. The Bertz CT molecular complexity index is 540. The molecular weight excluding hydrogens is 322 g/mol. The molecule has 0 aliphatic carbocycles. The predicted molar refractivity (Wildman–Crippen MR) is 73.2 cm³/mol. The van der Waals surface area contributed by atoms with Gasteiger partial charge in [-0.25, -0.2) is 9.13 Å². The molecule has 0 spiro atoms. The molecule has 0 aliphatic heterocycles. The number of aryl methyl sites for hydroxylation is 1. The van der Waals surface area contributed by atoms with Gasteiger partial charge in [-0.2, -0.15) is 0 Å². The van der Waals surface area contributed by atoms with E-state index in [-0.39, 0.29) is 0 Å². The summed E-state index contributed by atoms with van der Waals surface area (Å²) < 4.78 is 25.4. The summed E-state index contributed by atoms with van der Waals surface area (Å²) in [6, 6.07) is 0. The Kier molecular flexibility index (Phi) is 5.91. The monoisotopic (exact) mass is 343 g/mol. The van der Waals surface area contributed by atoms with E-state index in [1.807, 2.05) is 0 Å². The second-order valence-electron chi connectivity index (χ2n) is 4.89. The molecule has 0 atom stereocenters. The second-order valence-corrected chi connectivity index (χ2v) is 8.90. The van der Waals surface area contributed by atoms with E-state index in [1.54, 1.807) is 10.8 Å². The molecule has 1 aromatic rings. The number of aliphatic hydroxyl groups is 1. The molecule has 0 fully saturated rings. The Morgan fingerprint density at radius 2 is 1.71 bits per heavy atom. The minimum absolute atomic E-state index is 0.672. The van der Waals surface area contributed by atoms with Gasteiger partial charge >= 0.3 is 20.3 Å². The molecule has 21 heavy (non-hydrogen) atoms. The molecule has 0 amide bonds. The summed E-state index contributed by atoms with van der Waals surface area (Å²) in [6.07, 6.45) is 7.40. The minimum atomic E-state index is -5.43. The van der Waals surface area contributed by atoms with Crippen LogP contribution in [0.15, 0.2) is 18.7 Å². The van der Waals surface area contributed by atoms with Gasteiger partial charge in [0, 0.05) is 0 Å². The summed E-state index contributed by atoms with van der Waals surface area (Å²) in [5.74, 6) is 0. The fourth-order valence-corrected chi connectivity index (χ4v) is 3.86. The van der Waals surface area contributed by atoms with Crippen molar-refractivity contribution in [3.05, 3.63) is 18.7 Å². The summed E-state index contributed by atoms with van der Waals surface area (Å²) in [7, 11) is -10.9. The summed E-state index contributed by atoms with van der Waals surface area (Å²) in [4.78, 5) is 36.3. The first-order valence-electron chi connectivity index (χ1n) is 6.40. The fourth-order valence-electron chi connectivity index (χ4n) is 1.81. The van der Waals surface area contributed by atoms with Gasteiger partial charge in [0.1, 0.15) is 18.9 Å². The van der Waals surface area contributed by atoms with E-state index >= 15 is 0 Å². The van der Waals surface area contributed by atoms with Gasteiger partial charge in [0.25, 0.3) is 0 Å². The lowest BCUT2D eigenvalue weighted by atomic mass is 10.2. The zero-order chi connectivity index (χ0) is 16.3. The highest BCUT2D eigenvalue weighted by molar-refractivity contribution is 7.72. The van der Waals surface area contributed by atoms with Crippen molar-refractivity contribution in [2.24, 2.45) is 0 Å². The molecule has 9 nitrogen and oxygen atoms in total. The zero-order valence-electron chi connectivity index (χ0n) is 11.6. The van der Waals surface area contributed by atoms with E-state index in [0.29, 0.717) is 6.54 Å². The van der Waals surface area contributed by atoms with Crippen molar-refractivity contribution in [2.75, 3.05) is 0 Å². The van der Waals surface area contributed by atoms with E-state index in [9.17, 15) is 14.2 Å². The van der Waals surface area contributed by atoms with Crippen LogP contribution in [-0.2, 0) is 22.2 Å². The van der Waals surface area contributed by atoms with Crippen LogP contribution in [0.25, 0.3) is 0 Å². The molecule has 0 aliphatic rings. The number of rotatable bonds is 8. The van der Waals surface area contributed by atoms with Crippen LogP contribution in [0.2, 0.25) is 0 Å². The first kappa shape index (κ1) is 18.5. The first-order valence-corrected chi connectivity index (χ1v) is 9.62. The van der Waals surface area contributed by atoms with Crippen molar-refractivity contribution in [1.29, 1.82) is 0 Å². The molecule has 0 saturated heterocycles. The quantitative estimate of drug-likeness (QED) is 0.253.